The van der Waals surface area contributed by atoms with E-state index in [9.17, 15) is 22.8 Å². The molecule has 0 bridgehead atoms. The van der Waals surface area contributed by atoms with Gasteiger partial charge in [0.25, 0.3) is 13.9 Å². The molecule has 2 aromatic heterocycles. The monoisotopic (exact) mass is 637 g/mol. The number of aromatic amines is 1. The lowest BCUT2D eigenvalue weighted by atomic mass is 10.2. The van der Waals surface area contributed by atoms with E-state index in [1.54, 1.807) is 6.92 Å². The Morgan fingerprint density at radius 1 is 0.956 bits per heavy atom. The average Bonchev–Trinajstić information content (AvgIpc) is 3.32. The number of halogens is 3. The normalized spacial score (nSPS) is 13.2. The zero-order valence-electron chi connectivity index (χ0n) is 25.6. The predicted octanol–water partition coefficient (Wildman–Crippen LogP) is 4.70. The molecule has 1 N–H and O–H groups in total. The van der Waals surface area contributed by atoms with Crippen LogP contribution < -0.4 is 26.4 Å². The Hall–Kier alpha value is -4.49. The fourth-order valence-electron chi connectivity index (χ4n) is 5.59. The molecule has 2 heterocycles. The fourth-order valence-corrected chi connectivity index (χ4v) is 10.1. The van der Waals surface area contributed by atoms with Crippen molar-refractivity contribution >= 4 is 29.6 Å². The molecular weight excluding hydrogens is 603 g/mol. The molecule has 9 nitrogen and oxygen atoms in total. The largest absolute Gasteiger partial charge is 0.480 e. The Morgan fingerprint density at radius 2 is 1.56 bits per heavy atom. The van der Waals surface area contributed by atoms with Crippen LogP contribution in [-0.4, -0.2) is 44.9 Å². The number of benzene rings is 3. The van der Waals surface area contributed by atoms with Gasteiger partial charge < -0.3 is 14.1 Å². The van der Waals surface area contributed by atoms with E-state index < -0.39 is 31.8 Å². The third-order valence-corrected chi connectivity index (χ3v) is 12.8. The number of nitrogens with zero attached hydrogens (tertiary/aromatic N) is 4. The molecule has 0 saturated carbocycles. The van der Waals surface area contributed by atoms with Crippen molar-refractivity contribution in [2.45, 2.75) is 65.1 Å². The van der Waals surface area contributed by atoms with Gasteiger partial charge in [-0.1, -0.05) is 81.4 Å². The summed E-state index contributed by atoms with van der Waals surface area (Å²) in [6.45, 7) is 9.29. The molecule has 0 aliphatic carbocycles. The van der Waals surface area contributed by atoms with E-state index in [0.717, 1.165) is 28.3 Å². The van der Waals surface area contributed by atoms with Crippen LogP contribution in [0.15, 0.2) is 88.7 Å². The number of nitrogens with one attached hydrogen (secondary N) is 1. The molecule has 0 aliphatic heterocycles. The highest BCUT2D eigenvalue weighted by molar-refractivity contribution is 6.99. The van der Waals surface area contributed by atoms with Crippen molar-refractivity contribution in [1.82, 2.24) is 24.3 Å². The maximum absolute atomic E-state index is 13.7. The molecule has 45 heavy (non-hydrogen) atoms. The number of hydrogen-bond acceptors (Lipinski definition) is 6. The lowest BCUT2D eigenvalue weighted by Crippen LogP contribution is -2.66. The maximum atomic E-state index is 13.7. The minimum atomic E-state index is -4.69. The minimum Gasteiger partial charge on any atom is -0.480 e. The molecule has 0 radical (unpaired) electrons. The molecule has 5 aromatic rings. The van der Waals surface area contributed by atoms with Crippen LogP contribution in [0.2, 0.25) is 5.04 Å². The summed E-state index contributed by atoms with van der Waals surface area (Å²) in [6, 6.07) is 22.7. The van der Waals surface area contributed by atoms with Crippen molar-refractivity contribution < 1.29 is 22.3 Å². The van der Waals surface area contributed by atoms with Crippen LogP contribution in [-0.2, 0) is 17.6 Å². The molecule has 1 atom stereocenters. The quantitative estimate of drug-likeness (QED) is 0.235. The second-order valence-corrected chi connectivity index (χ2v) is 16.0. The molecular formula is C32H34F3N5O4Si. The van der Waals surface area contributed by atoms with Gasteiger partial charge in [-0.2, -0.15) is 17.9 Å². The van der Waals surface area contributed by atoms with Gasteiger partial charge >= 0.3 is 11.9 Å². The van der Waals surface area contributed by atoms with Gasteiger partial charge in [0.2, 0.25) is 0 Å². The molecule has 0 aliphatic rings. The van der Waals surface area contributed by atoms with Crippen molar-refractivity contribution in [2.24, 2.45) is 0 Å². The second kappa shape index (κ2) is 12.1. The van der Waals surface area contributed by atoms with Gasteiger partial charge in [-0.3, -0.25) is 9.36 Å². The molecule has 1 unspecified atom stereocenters. The lowest BCUT2D eigenvalue weighted by Gasteiger charge is -2.42. The third-order valence-electron chi connectivity index (χ3n) is 7.79. The first-order valence-corrected chi connectivity index (χ1v) is 16.4. The first-order valence-electron chi connectivity index (χ1n) is 14.5. The van der Waals surface area contributed by atoms with Crippen molar-refractivity contribution in [1.29, 1.82) is 0 Å². The van der Waals surface area contributed by atoms with Crippen LogP contribution in [0.1, 0.15) is 40.4 Å². The number of aromatic nitrogens is 5. The number of H-pyrrole nitrogens is 1. The van der Waals surface area contributed by atoms with Gasteiger partial charge in [-0.05, 0) is 35.3 Å². The summed E-state index contributed by atoms with van der Waals surface area (Å²) in [5.74, 6) is -0.0367. The Balaban J connectivity index is 1.62. The highest BCUT2D eigenvalue weighted by Gasteiger charge is 2.50. The molecule has 236 valence electrons. The zero-order valence-corrected chi connectivity index (χ0v) is 26.6. The van der Waals surface area contributed by atoms with Crippen LogP contribution in [0, 0.1) is 0 Å². The summed E-state index contributed by atoms with van der Waals surface area (Å²) in [7, 11) is -2.98. The zero-order chi connectivity index (χ0) is 32.6. The van der Waals surface area contributed by atoms with Crippen molar-refractivity contribution in [3.05, 3.63) is 106 Å². The van der Waals surface area contributed by atoms with E-state index in [0.29, 0.717) is 5.82 Å². The highest BCUT2D eigenvalue weighted by Crippen LogP contribution is 2.37. The predicted molar refractivity (Wildman–Crippen MR) is 168 cm³/mol. The summed E-state index contributed by atoms with van der Waals surface area (Å²) in [5.41, 5.74) is -1.07. The van der Waals surface area contributed by atoms with E-state index in [-0.39, 0.29) is 40.5 Å². The molecule has 5 rings (SSSR count). The van der Waals surface area contributed by atoms with E-state index in [1.807, 2.05) is 36.4 Å². The van der Waals surface area contributed by atoms with Gasteiger partial charge in [-0.15, -0.1) is 5.10 Å². The average molecular weight is 638 g/mol. The number of hydrogen-bond donors (Lipinski definition) is 1. The standard InChI is InChI=1S/C32H34F3N5O4Si/c1-6-39-27(19-43-45(31(3,4)5,23-13-9-7-10-14-23)24-15-11-8-12-16-24)38-40(30(39)42)22-17-25-28(29(41)37-20-36-25)26(18-22)44-21(2)32(33,34)35/h7-18,20-21H,6,19H2,1-5H3,(H,36,37,41). The summed E-state index contributed by atoms with van der Waals surface area (Å²) in [4.78, 5) is 32.7. The number of ether oxygens (including phenoxy) is 1. The van der Waals surface area contributed by atoms with E-state index >= 15 is 0 Å². The molecule has 0 saturated heterocycles. The van der Waals surface area contributed by atoms with Gasteiger partial charge in [0.15, 0.2) is 11.9 Å². The smallest absolute Gasteiger partial charge is 0.425 e. The van der Waals surface area contributed by atoms with Gasteiger partial charge in [0, 0.05) is 12.6 Å². The highest BCUT2D eigenvalue weighted by atomic mass is 28.4. The van der Waals surface area contributed by atoms with Gasteiger partial charge in [0.1, 0.15) is 11.1 Å². The summed E-state index contributed by atoms with van der Waals surface area (Å²) in [5, 5.41) is 6.21. The Kier molecular flexibility index (Phi) is 8.60. The van der Waals surface area contributed by atoms with E-state index in [2.05, 4.69) is 60.1 Å². The number of rotatable bonds is 9. The Bertz CT molecular complexity index is 1880. The third kappa shape index (κ3) is 5.97. The number of fused-ring (bicyclic) bond motifs is 1. The second-order valence-electron chi connectivity index (χ2n) is 11.7. The van der Waals surface area contributed by atoms with Crippen LogP contribution in [0.5, 0.6) is 5.75 Å². The van der Waals surface area contributed by atoms with Crippen LogP contribution in [0.25, 0.3) is 16.6 Å². The maximum Gasteiger partial charge on any atom is 0.425 e. The summed E-state index contributed by atoms with van der Waals surface area (Å²) >= 11 is 0. The molecule has 0 spiro atoms. The fraction of sp³-hybridized carbons (Fsp3) is 0.312. The SMILES string of the molecule is CCn1c(CO[Si](c2ccccc2)(c2ccccc2)C(C)(C)C)nn(-c2cc(OC(C)C(F)(F)F)c3c(=O)[nH]cnc3c2)c1=O. The molecule has 13 heteroatoms. The summed E-state index contributed by atoms with van der Waals surface area (Å²) < 4.78 is 55.0. The topological polar surface area (TPSA) is 104 Å². The molecule has 0 fully saturated rings. The van der Waals surface area contributed by atoms with E-state index in [4.69, 9.17) is 9.16 Å². The van der Waals surface area contributed by atoms with Crippen molar-refractivity contribution in [3.8, 4) is 11.4 Å². The Morgan fingerprint density at radius 3 is 2.09 bits per heavy atom. The van der Waals surface area contributed by atoms with Crippen molar-refractivity contribution in [2.75, 3.05) is 0 Å². The minimum absolute atomic E-state index is 0.0106. The van der Waals surface area contributed by atoms with Crippen LogP contribution in [0.4, 0.5) is 13.2 Å². The Labute approximate surface area is 258 Å². The van der Waals surface area contributed by atoms with Gasteiger partial charge in [0.05, 0.1) is 24.1 Å². The van der Waals surface area contributed by atoms with Crippen LogP contribution in [0.3, 0.4) is 0 Å². The lowest BCUT2D eigenvalue weighted by molar-refractivity contribution is -0.189. The van der Waals surface area contributed by atoms with Crippen LogP contribution >= 0.6 is 0 Å². The number of alkyl halides is 3. The van der Waals surface area contributed by atoms with Crippen molar-refractivity contribution in [3.63, 3.8) is 0 Å². The van der Waals surface area contributed by atoms with Gasteiger partial charge in [-0.25, -0.2) is 9.78 Å². The first-order chi connectivity index (χ1) is 21.3. The molecule has 0 amide bonds. The van der Waals surface area contributed by atoms with E-state index in [1.165, 1.54) is 16.7 Å². The first kappa shape index (κ1) is 31.9. The molecule has 3 aromatic carbocycles. The summed E-state index contributed by atoms with van der Waals surface area (Å²) in [6.07, 6.45) is -5.79.